The van der Waals surface area contributed by atoms with Crippen molar-refractivity contribution >= 4 is 21.6 Å². The van der Waals surface area contributed by atoms with Gasteiger partial charge in [0.1, 0.15) is 0 Å². The van der Waals surface area contributed by atoms with Gasteiger partial charge in [0, 0.05) is 45.0 Å². The lowest BCUT2D eigenvalue weighted by Crippen LogP contribution is -2.37. The second-order valence-corrected chi connectivity index (χ2v) is 10.5. The topological polar surface area (TPSA) is 69.7 Å². The zero-order chi connectivity index (χ0) is 22.4. The van der Waals surface area contributed by atoms with E-state index in [0.29, 0.717) is 31.1 Å². The van der Waals surface area contributed by atoms with Crippen LogP contribution in [-0.2, 0) is 16.4 Å². The van der Waals surface area contributed by atoms with Gasteiger partial charge in [0.15, 0.2) is 0 Å². The highest BCUT2D eigenvalue weighted by Crippen LogP contribution is 2.23. The quantitative estimate of drug-likeness (QED) is 0.634. The van der Waals surface area contributed by atoms with E-state index in [1.165, 1.54) is 17.7 Å². The number of amides is 1. The molecule has 1 heterocycles. The lowest BCUT2D eigenvalue weighted by atomic mass is 10.0. The molecule has 7 heteroatoms. The Hall–Kier alpha value is -2.38. The van der Waals surface area contributed by atoms with Crippen molar-refractivity contribution in [1.82, 2.24) is 9.62 Å². The molecule has 1 saturated heterocycles. The number of rotatable bonds is 8. The highest BCUT2D eigenvalue weighted by atomic mass is 32.2. The molecular formula is C24H33N3O3S. The molecule has 1 aliphatic rings. The number of nitrogens with one attached hydrogen (secondary N) is 1. The number of piperidine rings is 1. The molecule has 2 aromatic rings. The number of nitrogens with zero attached hydrogens (tertiary/aromatic N) is 2. The number of benzene rings is 2. The van der Waals surface area contributed by atoms with Crippen LogP contribution in [0.3, 0.4) is 0 Å². The van der Waals surface area contributed by atoms with E-state index in [1.807, 2.05) is 14.1 Å². The van der Waals surface area contributed by atoms with E-state index in [9.17, 15) is 13.2 Å². The number of aryl methyl sites for hydroxylation is 1. The fraction of sp³-hybridized carbons (Fsp3) is 0.458. The largest absolute Gasteiger partial charge is 0.378 e. The molecule has 1 N–H and O–H groups in total. The summed E-state index contributed by atoms with van der Waals surface area (Å²) in [5, 5.41) is 2.92. The summed E-state index contributed by atoms with van der Waals surface area (Å²) in [7, 11) is 0.540. The minimum atomic E-state index is -3.49. The highest BCUT2D eigenvalue weighted by Gasteiger charge is 2.28. The predicted molar refractivity (Wildman–Crippen MR) is 125 cm³/mol. The van der Waals surface area contributed by atoms with Gasteiger partial charge in [0.25, 0.3) is 5.91 Å². The third-order valence-electron chi connectivity index (χ3n) is 5.88. The summed E-state index contributed by atoms with van der Waals surface area (Å²) in [5.74, 6) is 0.383. The Labute approximate surface area is 186 Å². The van der Waals surface area contributed by atoms with Gasteiger partial charge in [-0.1, -0.05) is 19.1 Å². The van der Waals surface area contributed by atoms with E-state index in [1.54, 1.807) is 16.4 Å². The third-order valence-corrected chi connectivity index (χ3v) is 7.79. The van der Waals surface area contributed by atoms with Gasteiger partial charge in [-0.2, -0.15) is 4.31 Å². The molecule has 1 aliphatic heterocycles. The Morgan fingerprint density at radius 1 is 1.03 bits per heavy atom. The molecule has 0 saturated carbocycles. The first-order valence-corrected chi connectivity index (χ1v) is 12.4. The first kappa shape index (κ1) is 23.3. The van der Waals surface area contributed by atoms with Crippen LogP contribution in [0.15, 0.2) is 53.4 Å². The van der Waals surface area contributed by atoms with Crippen molar-refractivity contribution in [3.63, 3.8) is 0 Å². The van der Waals surface area contributed by atoms with Gasteiger partial charge >= 0.3 is 0 Å². The van der Waals surface area contributed by atoms with Crippen LogP contribution >= 0.6 is 0 Å². The minimum Gasteiger partial charge on any atom is -0.378 e. The lowest BCUT2D eigenvalue weighted by Gasteiger charge is -2.29. The van der Waals surface area contributed by atoms with E-state index >= 15 is 0 Å². The van der Waals surface area contributed by atoms with E-state index in [-0.39, 0.29) is 10.8 Å². The molecule has 0 spiro atoms. The number of carbonyl (C=O) groups is 1. The van der Waals surface area contributed by atoms with Crippen LogP contribution in [0.1, 0.15) is 42.1 Å². The number of carbonyl (C=O) groups excluding carboxylic acids is 1. The van der Waals surface area contributed by atoms with Gasteiger partial charge in [0.2, 0.25) is 10.0 Å². The first-order chi connectivity index (χ1) is 14.8. The van der Waals surface area contributed by atoms with Crippen LogP contribution in [0.5, 0.6) is 0 Å². The van der Waals surface area contributed by atoms with Crippen LogP contribution in [0.2, 0.25) is 0 Å². The minimum absolute atomic E-state index is 0.182. The molecule has 6 nitrogen and oxygen atoms in total. The Bertz CT molecular complexity index is 962. The van der Waals surface area contributed by atoms with Gasteiger partial charge in [-0.25, -0.2) is 8.42 Å². The maximum atomic E-state index is 12.8. The lowest BCUT2D eigenvalue weighted by molar-refractivity contribution is 0.0953. The zero-order valence-corrected chi connectivity index (χ0v) is 19.5. The molecule has 0 atom stereocenters. The van der Waals surface area contributed by atoms with E-state index in [4.69, 9.17) is 0 Å². The van der Waals surface area contributed by atoms with Crippen molar-refractivity contribution in [3.8, 4) is 0 Å². The van der Waals surface area contributed by atoms with Gasteiger partial charge in [-0.3, -0.25) is 4.79 Å². The summed E-state index contributed by atoms with van der Waals surface area (Å²) in [6, 6.07) is 14.7. The molecule has 168 valence electrons. The van der Waals surface area contributed by atoms with Gasteiger partial charge in [0.05, 0.1) is 4.90 Å². The Balaban J connectivity index is 1.48. The Kier molecular flexibility index (Phi) is 7.73. The van der Waals surface area contributed by atoms with Crippen molar-refractivity contribution in [2.24, 2.45) is 5.92 Å². The van der Waals surface area contributed by atoms with E-state index in [2.05, 4.69) is 41.4 Å². The normalized spacial score (nSPS) is 15.6. The maximum Gasteiger partial charge on any atom is 0.251 e. The van der Waals surface area contributed by atoms with Crippen molar-refractivity contribution in [1.29, 1.82) is 0 Å². The fourth-order valence-corrected chi connectivity index (χ4v) is 5.18. The van der Waals surface area contributed by atoms with Crippen molar-refractivity contribution in [2.75, 3.05) is 38.6 Å². The molecule has 0 radical (unpaired) electrons. The van der Waals surface area contributed by atoms with Crippen LogP contribution < -0.4 is 10.2 Å². The average Bonchev–Trinajstić information content (AvgIpc) is 2.77. The monoisotopic (exact) mass is 443 g/mol. The molecule has 0 bridgehead atoms. The summed E-state index contributed by atoms with van der Waals surface area (Å²) < 4.78 is 27.2. The van der Waals surface area contributed by atoms with E-state index in [0.717, 1.165) is 31.4 Å². The zero-order valence-electron chi connectivity index (χ0n) is 18.7. The van der Waals surface area contributed by atoms with Gasteiger partial charge < -0.3 is 10.2 Å². The number of hydrogen-bond donors (Lipinski definition) is 1. The Morgan fingerprint density at radius 2 is 1.65 bits per heavy atom. The highest BCUT2D eigenvalue weighted by molar-refractivity contribution is 7.89. The molecule has 2 aromatic carbocycles. The standard InChI is InChI=1S/C24H33N3O3S/c1-19-14-17-27(18-15-19)31(29,30)23-12-8-21(9-13-23)24(28)25-16-4-5-20-6-10-22(11-7-20)26(2)3/h6-13,19H,4-5,14-18H2,1-3H3,(H,25,28). The molecular weight excluding hydrogens is 410 g/mol. The maximum absolute atomic E-state index is 12.8. The average molecular weight is 444 g/mol. The summed E-state index contributed by atoms with van der Waals surface area (Å²) in [6.45, 7) is 3.84. The summed E-state index contributed by atoms with van der Waals surface area (Å²) in [6.07, 6.45) is 3.51. The SMILES string of the molecule is CC1CCN(S(=O)(=O)c2ccc(C(=O)NCCCc3ccc(N(C)C)cc3)cc2)CC1. The molecule has 31 heavy (non-hydrogen) atoms. The predicted octanol–water partition coefficient (Wildman–Crippen LogP) is 3.54. The summed E-state index contributed by atoms with van der Waals surface area (Å²) >= 11 is 0. The van der Waals surface area contributed by atoms with E-state index < -0.39 is 10.0 Å². The summed E-state index contributed by atoms with van der Waals surface area (Å²) in [5.41, 5.74) is 2.88. The molecule has 0 aromatic heterocycles. The van der Waals surface area contributed by atoms with Crippen molar-refractivity contribution in [2.45, 2.75) is 37.5 Å². The smallest absolute Gasteiger partial charge is 0.251 e. The second kappa shape index (κ2) is 10.3. The Morgan fingerprint density at radius 3 is 2.23 bits per heavy atom. The van der Waals surface area contributed by atoms with Crippen molar-refractivity contribution < 1.29 is 13.2 Å². The molecule has 1 amide bonds. The van der Waals surface area contributed by atoms with Gasteiger partial charge in [-0.15, -0.1) is 0 Å². The van der Waals surface area contributed by atoms with Crippen molar-refractivity contribution in [3.05, 3.63) is 59.7 Å². The molecule has 3 rings (SSSR count). The number of hydrogen-bond acceptors (Lipinski definition) is 4. The van der Waals surface area contributed by atoms with Crippen LogP contribution in [0.4, 0.5) is 5.69 Å². The van der Waals surface area contributed by atoms with Crippen LogP contribution in [-0.4, -0.2) is 52.4 Å². The molecule has 1 fully saturated rings. The number of anilines is 1. The van der Waals surface area contributed by atoms with Crippen LogP contribution in [0.25, 0.3) is 0 Å². The first-order valence-electron chi connectivity index (χ1n) is 10.9. The molecule has 0 unspecified atom stereocenters. The summed E-state index contributed by atoms with van der Waals surface area (Å²) in [4.78, 5) is 14.7. The number of sulfonamides is 1. The van der Waals surface area contributed by atoms with Gasteiger partial charge in [-0.05, 0) is 73.6 Å². The third kappa shape index (κ3) is 6.08. The molecule has 0 aliphatic carbocycles. The van der Waals surface area contributed by atoms with Crippen LogP contribution in [0, 0.1) is 5.92 Å². The fourth-order valence-electron chi connectivity index (χ4n) is 3.71. The second-order valence-electron chi connectivity index (χ2n) is 8.53.